The second-order valence-corrected chi connectivity index (χ2v) is 6.13. The maximum Gasteiger partial charge on any atom is 0.190 e. The molecule has 0 saturated heterocycles. The van der Waals surface area contributed by atoms with Gasteiger partial charge in [0.1, 0.15) is 5.75 Å². The zero-order chi connectivity index (χ0) is 16.1. The van der Waals surface area contributed by atoms with Crippen molar-refractivity contribution in [2.24, 2.45) is 4.99 Å². The molecule has 0 atom stereocenters. The van der Waals surface area contributed by atoms with Gasteiger partial charge >= 0.3 is 0 Å². The first kappa shape index (κ1) is 15.8. The number of halogens is 1. The number of ether oxygens (including phenoxy) is 1. The Kier molecular flexibility index (Phi) is 5.16. The molecule has 0 bridgehead atoms. The van der Waals surface area contributed by atoms with Crippen LogP contribution < -0.4 is 9.54 Å². The van der Waals surface area contributed by atoms with Gasteiger partial charge in [0.25, 0.3) is 0 Å². The van der Waals surface area contributed by atoms with E-state index in [-0.39, 0.29) is 0 Å². The lowest BCUT2D eigenvalue weighted by molar-refractivity contribution is 0.415. The van der Waals surface area contributed by atoms with Crippen LogP contribution in [0.5, 0.6) is 5.75 Å². The predicted octanol–water partition coefficient (Wildman–Crippen LogP) is 4.58. The molecule has 1 aromatic heterocycles. The Morgan fingerprint density at radius 1 is 1.09 bits per heavy atom. The van der Waals surface area contributed by atoms with Gasteiger partial charge in [-0.05, 0) is 29.8 Å². The van der Waals surface area contributed by atoms with Gasteiger partial charge < -0.3 is 9.30 Å². The minimum atomic E-state index is 0.474. The summed E-state index contributed by atoms with van der Waals surface area (Å²) in [6.45, 7) is 0.765. The first-order chi connectivity index (χ1) is 11.3. The summed E-state index contributed by atoms with van der Waals surface area (Å²) in [5.41, 5.74) is 3.21. The first-order valence-corrected chi connectivity index (χ1v) is 8.67. The number of benzene rings is 2. The van der Waals surface area contributed by atoms with E-state index in [9.17, 15) is 0 Å². The van der Waals surface area contributed by atoms with E-state index in [1.165, 1.54) is 5.56 Å². The minimum absolute atomic E-state index is 0.474. The molecule has 0 saturated carbocycles. The summed E-state index contributed by atoms with van der Waals surface area (Å²) in [7, 11) is 1.66. The molecule has 1 heterocycles. The van der Waals surface area contributed by atoms with Gasteiger partial charge in [-0.15, -0.1) is 22.9 Å². The molecule has 3 nitrogen and oxygen atoms in total. The predicted molar refractivity (Wildman–Crippen MR) is 95.6 cm³/mol. The Morgan fingerprint density at radius 2 is 1.83 bits per heavy atom. The van der Waals surface area contributed by atoms with E-state index in [1.54, 1.807) is 18.4 Å². The largest absolute Gasteiger partial charge is 0.497 e. The van der Waals surface area contributed by atoms with Gasteiger partial charge in [-0.1, -0.05) is 30.3 Å². The Hall–Kier alpha value is -2.04. The van der Waals surface area contributed by atoms with Crippen molar-refractivity contribution < 1.29 is 4.74 Å². The van der Waals surface area contributed by atoms with Crippen LogP contribution in [-0.2, 0) is 12.4 Å². The monoisotopic (exact) mass is 344 g/mol. The Bertz CT molecular complexity index is 822. The highest BCUT2D eigenvalue weighted by molar-refractivity contribution is 7.07. The molecule has 2 aromatic carbocycles. The number of aromatic nitrogens is 1. The van der Waals surface area contributed by atoms with Crippen LogP contribution >= 0.6 is 22.9 Å². The molecule has 23 heavy (non-hydrogen) atoms. The van der Waals surface area contributed by atoms with Gasteiger partial charge in [-0.3, -0.25) is 0 Å². The second kappa shape index (κ2) is 7.49. The number of hydrogen-bond donors (Lipinski definition) is 0. The maximum atomic E-state index is 6.08. The zero-order valence-electron chi connectivity index (χ0n) is 12.8. The molecule has 3 rings (SSSR count). The van der Waals surface area contributed by atoms with Gasteiger partial charge in [0, 0.05) is 11.1 Å². The summed E-state index contributed by atoms with van der Waals surface area (Å²) >= 11 is 7.69. The van der Waals surface area contributed by atoms with Gasteiger partial charge in [-0.25, -0.2) is 4.99 Å². The Balaban J connectivity index is 1.98. The van der Waals surface area contributed by atoms with E-state index in [2.05, 4.69) is 22.1 Å². The van der Waals surface area contributed by atoms with Gasteiger partial charge in [-0.2, -0.15) is 0 Å². The molecule has 118 valence electrons. The number of rotatable bonds is 5. The Labute approximate surface area is 144 Å². The number of methoxy groups -OCH3 is 1. The fraction of sp³-hybridized carbons (Fsp3) is 0.167. The highest BCUT2D eigenvalue weighted by Gasteiger charge is 2.05. The van der Waals surface area contributed by atoms with Crippen LogP contribution in [-0.4, -0.2) is 11.7 Å². The van der Waals surface area contributed by atoms with E-state index >= 15 is 0 Å². The fourth-order valence-corrected chi connectivity index (χ4v) is 3.50. The third-order valence-corrected chi connectivity index (χ3v) is 4.68. The van der Waals surface area contributed by atoms with Gasteiger partial charge in [0.2, 0.25) is 0 Å². The number of alkyl halides is 1. The van der Waals surface area contributed by atoms with E-state index in [1.807, 2.05) is 42.5 Å². The quantitative estimate of drug-likeness (QED) is 0.622. The van der Waals surface area contributed by atoms with E-state index in [0.29, 0.717) is 5.88 Å². The molecule has 0 aliphatic carbocycles. The topological polar surface area (TPSA) is 26.5 Å². The molecule has 0 aliphatic rings. The molecule has 3 aromatic rings. The third kappa shape index (κ3) is 3.84. The van der Waals surface area contributed by atoms with Crippen molar-refractivity contribution in [3.63, 3.8) is 0 Å². The van der Waals surface area contributed by atoms with E-state index in [4.69, 9.17) is 21.3 Å². The number of hydrogen-bond acceptors (Lipinski definition) is 3. The summed E-state index contributed by atoms with van der Waals surface area (Å²) in [6, 6.07) is 18.1. The second-order valence-electron chi connectivity index (χ2n) is 5.02. The molecule has 0 N–H and O–H groups in total. The van der Waals surface area contributed by atoms with Crippen molar-refractivity contribution in [1.29, 1.82) is 0 Å². The lowest BCUT2D eigenvalue weighted by Crippen LogP contribution is -2.17. The normalized spacial score (nSPS) is 11.7. The lowest BCUT2D eigenvalue weighted by atomic mass is 10.2. The van der Waals surface area contributed by atoms with Crippen LogP contribution in [0.25, 0.3) is 0 Å². The molecule has 0 amide bonds. The van der Waals surface area contributed by atoms with Crippen LogP contribution in [0, 0.1) is 0 Å². The average molecular weight is 345 g/mol. The molecule has 0 aliphatic heterocycles. The van der Waals surface area contributed by atoms with Crippen LogP contribution in [0.4, 0.5) is 5.69 Å². The van der Waals surface area contributed by atoms with Crippen LogP contribution in [0.1, 0.15) is 11.3 Å². The van der Waals surface area contributed by atoms with Crippen LogP contribution in [0.2, 0.25) is 0 Å². The van der Waals surface area contributed by atoms with Crippen molar-refractivity contribution in [1.82, 2.24) is 4.57 Å². The average Bonchev–Trinajstić information content (AvgIpc) is 2.98. The fourth-order valence-electron chi connectivity index (χ4n) is 2.26. The first-order valence-electron chi connectivity index (χ1n) is 7.26. The summed E-state index contributed by atoms with van der Waals surface area (Å²) in [4.78, 5) is 5.69. The number of thiazole rings is 1. The van der Waals surface area contributed by atoms with Crippen molar-refractivity contribution in [2.75, 3.05) is 7.11 Å². The van der Waals surface area contributed by atoms with E-state index in [0.717, 1.165) is 28.5 Å². The number of nitrogens with zero attached hydrogens (tertiary/aromatic N) is 2. The van der Waals surface area contributed by atoms with E-state index < -0.39 is 0 Å². The SMILES string of the molecule is COc1ccc(N=c2scc(CCl)n2Cc2ccccc2)cc1. The van der Waals surface area contributed by atoms with Gasteiger partial charge in [0.15, 0.2) is 4.80 Å². The van der Waals surface area contributed by atoms with Crippen LogP contribution in [0.3, 0.4) is 0 Å². The summed E-state index contributed by atoms with van der Waals surface area (Å²) in [6.07, 6.45) is 0. The standard InChI is InChI=1S/C18H17ClN2OS/c1-22-17-9-7-15(8-10-17)20-18-21(16(11-19)13-23-18)12-14-5-3-2-4-6-14/h2-10,13H,11-12H2,1H3. The van der Waals surface area contributed by atoms with Crippen molar-refractivity contribution >= 4 is 28.6 Å². The molecule has 0 spiro atoms. The highest BCUT2D eigenvalue weighted by Crippen LogP contribution is 2.18. The zero-order valence-corrected chi connectivity index (χ0v) is 14.3. The van der Waals surface area contributed by atoms with Crippen molar-refractivity contribution in [3.05, 3.63) is 76.0 Å². The van der Waals surface area contributed by atoms with Crippen molar-refractivity contribution in [3.8, 4) is 5.75 Å². The third-order valence-electron chi connectivity index (χ3n) is 3.50. The molecular formula is C18H17ClN2OS. The summed E-state index contributed by atoms with van der Waals surface area (Å²) in [5.74, 6) is 1.30. The minimum Gasteiger partial charge on any atom is -0.497 e. The van der Waals surface area contributed by atoms with Gasteiger partial charge in [0.05, 0.1) is 25.2 Å². The van der Waals surface area contributed by atoms with Crippen LogP contribution in [0.15, 0.2) is 65.0 Å². The highest BCUT2D eigenvalue weighted by atomic mass is 35.5. The molecule has 0 radical (unpaired) electrons. The molecule has 0 unspecified atom stereocenters. The summed E-state index contributed by atoms with van der Waals surface area (Å²) in [5, 5.41) is 2.07. The smallest absolute Gasteiger partial charge is 0.190 e. The van der Waals surface area contributed by atoms with Crippen molar-refractivity contribution in [2.45, 2.75) is 12.4 Å². The molecule has 5 heteroatoms. The maximum absolute atomic E-state index is 6.08. The lowest BCUT2D eigenvalue weighted by Gasteiger charge is -2.07. The summed E-state index contributed by atoms with van der Waals surface area (Å²) < 4.78 is 7.35. The Morgan fingerprint density at radius 3 is 2.48 bits per heavy atom. The molecular weight excluding hydrogens is 328 g/mol. The molecule has 0 fully saturated rings.